The van der Waals surface area contributed by atoms with E-state index in [1.54, 1.807) is 37.3 Å². The fourth-order valence-corrected chi connectivity index (χ4v) is 2.41. The van der Waals surface area contributed by atoms with Crippen molar-refractivity contribution in [2.24, 2.45) is 0 Å². The lowest BCUT2D eigenvalue weighted by Gasteiger charge is -2.13. The maximum absolute atomic E-state index is 12.0. The summed E-state index contributed by atoms with van der Waals surface area (Å²) in [5.74, 6) is -0.664. The number of aliphatic carboxylic acids is 1. The molecule has 1 heterocycles. The van der Waals surface area contributed by atoms with Gasteiger partial charge in [0.05, 0.1) is 5.39 Å². The molecule has 3 aromatic rings. The van der Waals surface area contributed by atoms with Crippen molar-refractivity contribution in [3.8, 4) is 5.75 Å². The summed E-state index contributed by atoms with van der Waals surface area (Å²) in [4.78, 5) is 23.0. The van der Waals surface area contributed by atoms with Crippen molar-refractivity contribution in [1.29, 1.82) is 0 Å². The molecule has 5 heteroatoms. The van der Waals surface area contributed by atoms with Crippen LogP contribution >= 0.6 is 0 Å². The zero-order chi connectivity index (χ0) is 15.7. The molecule has 0 saturated heterocycles. The number of rotatable bonds is 4. The molecule has 0 radical (unpaired) electrons. The van der Waals surface area contributed by atoms with Crippen LogP contribution < -0.4 is 10.4 Å². The number of hydrogen-bond donors (Lipinski definition) is 1. The number of carbonyl (C=O) groups is 1. The van der Waals surface area contributed by atoms with E-state index in [2.05, 4.69) is 0 Å². The van der Waals surface area contributed by atoms with Gasteiger partial charge in [-0.25, -0.2) is 9.59 Å². The Hall–Kier alpha value is -2.82. The van der Waals surface area contributed by atoms with Gasteiger partial charge in [-0.15, -0.1) is 0 Å². The molecule has 3 rings (SSSR count). The highest BCUT2D eigenvalue weighted by Crippen LogP contribution is 2.26. The third-order valence-electron chi connectivity index (χ3n) is 3.52. The van der Waals surface area contributed by atoms with Gasteiger partial charge in [0.15, 0.2) is 6.10 Å². The maximum atomic E-state index is 12.0. The lowest BCUT2D eigenvalue weighted by Crippen LogP contribution is -2.25. The number of carboxylic acid groups (broad SMARTS) is 1. The Morgan fingerprint density at radius 3 is 2.59 bits per heavy atom. The van der Waals surface area contributed by atoms with Crippen LogP contribution in [0.1, 0.15) is 13.3 Å². The van der Waals surface area contributed by atoms with Crippen LogP contribution in [0, 0.1) is 0 Å². The Bertz CT molecular complexity index is 910. The van der Waals surface area contributed by atoms with Gasteiger partial charge < -0.3 is 14.3 Å². The van der Waals surface area contributed by atoms with Crippen LogP contribution in [0.4, 0.5) is 0 Å². The molecule has 2 aromatic carbocycles. The van der Waals surface area contributed by atoms with Crippen molar-refractivity contribution in [1.82, 2.24) is 0 Å². The fourth-order valence-electron chi connectivity index (χ4n) is 2.41. The molecule has 1 atom stereocenters. The second-order valence-electron chi connectivity index (χ2n) is 4.95. The fraction of sp³-hybridized carbons (Fsp3) is 0.176. The SMILES string of the molecule is CCC(Oc1ccc2c(c1)oc(=O)c1ccccc12)C(=O)O. The molecule has 1 aromatic heterocycles. The predicted molar refractivity (Wildman–Crippen MR) is 82.3 cm³/mol. The van der Waals surface area contributed by atoms with Gasteiger partial charge in [0.1, 0.15) is 11.3 Å². The summed E-state index contributed by atoms with van der Waals surface area (Å²) in [6, 6.07) is 12.2. The molecule has 0 aliphatic carbocycles. The Morgan fingerprint density at radius 1 is 1.18 bits per heavy atom. The van der Waals surface area contributed by atoms with E-state index in [0.29, 0.717) is 23.1 Å². The maximum Gasteiger partial charge on any atom is 0.344 e. The number of hydrogen-bond acceptors (Lipinski definition) is 4. The Labute approximate surface area is 125 Å². The van der Waals surface area contributed by atoms with Crippen LogP contribution in [0.15, 0.2) is 51.7 Å². The molecular weight excluding hydrogens is 284 g/mol. The first-order valence-electron chi connectivity index (χ1n) is 6.95. The summed E-state index contributed by atoms with van der Waals surface area (Å²) in [6.07, 6.45) is -0.584. The summed E-state index contributed by atoms with van der Waals surface area (Å²) in [6.45, 7) is 1.73. The summed E-state index contributed by atoms with van der Waals surface area (Å²) < 4.78 is 10.7. The third kappa shape index (κ3) is 2.41. The summed E-state index contributed by atoms with van der Waals surface area (Å²) >= 11 is 0. The quantitative estimate of drug-likeness (QED) is 0.591. The van der Waals surface area contributed by atoms with Crippen LogP contribution in [0.5, 0.6) is 5.75 Å². The van der Waals surface area contributed by atoms with Gasteiger partial charge in [-0.05, 0) is 30.0 Å². The van der Waals surface area contributed by atoms with Crippen LogP contribution in [0.3, 0.4) is 0 Å². The standard InChI is InChI=1S/C17H14O5/c1-2-14(16(18)19)21-10-7-8-12-11-5-3-4-6-13(11)17(20)22-15(12)9-10/h3-9,14H,2H2,1H3,(H,18,19). The molecule has 5 nitrogen and oxygen atoms in total. The van der Waals surface area contributed by atoms with Crippen molar-refractivity contribution in [2.45, 2.75) is 19.4 Å². The Morgan fingerprint density at radius 2 is 1.91 bits per heavy atom. The predicted octanol–water partition coefficient (Wildman–Crippen LogP) is 3.19. The number of benzene rings is 2. The van der Waals surface area contributed by atoms with Crippen molar-refractivity contribution in [3.63, 3.8) is 0 Å². The van der Waals surface area contributed by atoms with Gasteiger partial charge in [0.25, 0.3) is 0 Å². The minimum Gasteiger partial charge on any atom is -0.479 e. The Balaban J connectivity index is 2.13. The molecule has 0 spiro atoms. The summed E-state index contributed by atoms with van der Waals surface area (Å²) in [5, 5.41) is 11.1. The van der Waals surface area contributed by atoms with Gasteiger partial charge in [0, 0.05) is 11.5 Å². The van der Waals surface area contributed by atoms with Crippen LogP contribution in [0.25, 0.3) is 21.7 Å². The molecule has 0 aliphatic heterocycles. The lowest BCUT2D eigenvalue weighted by molar-refractivity contribution is -0.145. The third-order valence-corrected chi connectivity index (χ3v) is 3.52. The van der Waals surface area contributed by atoms with E-state index in [4.69, 9.17) is 14.3 Å². The Kier molecular flexibility index (Phi) is 3.55. The first-order valence-corrected chi connectivity index (χ1v) is 6.95. The van der Waals surface area contributed by atoms with E-state index in [1.807, 2.05) is 12.1 Å². The topological polar surface area (TPSA) is 76.7 Å². The van der Waals surface area contributed by atoms with Gasteiger partial charge in [-0.2, -0.15) is 0 Å². The van der Waals surface area contributed by atoms with E-state index in [0.717, 1.165) is 10.8 Å². The highest BCUT2D eigenvalue weighted by molar-refractivity contribution is 6.04. The van der Waals surface area contributed by atoms with E-state index >= 15 is 0 Å². The molecule has 0 aliphatic rings. The number of fused-ring (bicyclic) bond motifs is 3. The zero-order valence-electron chi connectivity index (χ0n) is 11.9. The smallest absolute Gasteiger partial charge is 0.344 e. The van der Waals surface area contributed by atoms with Gasteiger partial charge >= 0.3 is 11.6 Å². The molecule has 1 N–H and O–H groups in total. The van der Waals surface area contributed by atoms with Crippen LogP contribution in [0.2, 0.25) is 0 Å². The second-order valence-corrected chi connectivity index (χ2v) is 4.95. The van der Waals surface area contributed by atoms with Crippen molar-refractivity contribution < 1.29 is 19.1 Å². The van der Waals surface area contributed by atoms with E-state index in [9.17, 15) is 9.59 Å². The lowest BCUT2D eigenvalue weighted by atomic mass is 10.1. The average molecular weight is 298 g/mol. The van der Waals surface area contributed by atoms with Gasteiger partial charge in [-0.1, -0.05) is 25.1 Å². The van der Waals surface area contributed by atoms with Gasteiger partial charge in [0.2, 0.25) is 0 Å². The minimum atomic E-state index is -1.03. The molecule has 1 unspecified atom stereocenters. The molecule has 22 heavy (non-hydrogen) atoms. The minimum absolute atomic E-state index is 0.342. The van der Waals surface area contributed by atoms with E-state index in [1.165, 1.54) is 0 Å². The first-order chi connectivity index (χ1) is 10.6. The van der Waals surface area contributed by atoms with Crippen molar-refractivity contribution in [2.75, 3.05) is 0 Å². The average Bonchev–Trinajstić information content (AvgIpc) is 2.52. The summed E-state index contributed by atoms with van der Waals surface area (Å²) in [7, 11) is 0. The second kappa shape index (κ2) is 5.52. The molecule has 0 fully saturated rings. The van der Waals surface area contributed by atoms with Crippen molar-refractivity contribution in [3.05, 3.63) is 52.9 Å². The highest BCUT2D eigenvalue weighted by Gasteiger charge is 2.17. The largest absolute Gasteiger partial charge is 0.479 e. The van der Waals surface area contributed by atoms with Gasteiger partial charge in [-0.3, -0.25) is 0 Å². The molecule has 0 saturated carbocycles. The highest BCUT2D eigenvalue weighted by atomic mass is 16.5. The zero-order valence-corrected chi connectivity index (χ0v) is 11.9. The number of carboxylic acids is 1. The van der Waals surface area contributed by atoms with Crippen LogP contribution in [-0.2, 0) is 4.79 Å². The molecule has 0 amide bonds. The molecule has 0 bridgehead atoms. The van der Waals surface area contributed by atoms with Crippen molar-refractivity contribution >= 4 is 27.7 Å². The van der Waals surface area contributed by atoms with Crippen LogP contribution in [-0.4, -0.2) is 17.2 Å². The normalized spacial score (nSPS) is 12.4. The summed E-state index contributed by atoms with van der Waals surface area (Å²) in [5.41, 5.74) is -0.0491. The van der Waals surface area contributed by atoms with E-state index in [-0.39, 0.29) is 0 Å². The first kappa shape index (κ1) is 14.1. The molecule has 112 valence electrons. The monoisotopic (exact) mass is 298 g/mol. The number of ether oxygens (including phenoxy) is 1. The molecular formula is C17H14O5. The van der Waals surface area contributed by atoms with E-state index < -0.39 is 17.7 Å².